The van der Waals surface area contributed by atoms with Gasteiger partial charge in [-0.3, -0.25) is 0 Å². The maximum absolute atomic E-state index is 11.9. The van der Waals surface area contributed by atoms with E-state index in [1.54, 1.807) is 32.4 Å². The summed E-state index contributed by atoms with van der Waals surface area (Å²) in [5.74, 6) is 1.23. The second-order valence-corrected chi connectivity index (χ2v) is 6.09. The third-order valence-corrected chi connectivity index (χ3v) is 4.32. The molecule has 6 heteroatoms. The van der Waals surface area contributed by atoms with Gasteiger partial charge in [0.05, 0.1) is 14.2 Å². The number of methoxy groups -OCH3 is 2. The molecular weight excluding hydrogens is 306 g/mol. The number of carbonyl (C=O) groups excluding carboxylic acids is 1. The fourth-order valence-electron chi connectivity index (χ4n) is 2.99. The normalized spacial score (nSPS) is 14.9. The zero-order valence-electron chi connectivity index (χ0n) is 14.7. The highest BCUT2D eigenvalue weighted by Crippen LogP contribution is 2.29. The topological polar surface area (TPSA) is 71.6 Å². The number of hydrogen-bond donors (Lipinski definition) is 3. The van der Waals surface area contributed by atoms with Gasteiger partial charge in [0.25, 0.3) is 0 Å². The molecule has 1 aromatic rings. The summed E-state index contributed by atoms with van der Waals surface area (Å²) in [6.45, 7) is 1.60. The first-order valence-corrected chi connectivity index (χ1v) is 8.73. The van der Waals surface area contributed by atoms with E-state index in [4.69, 9.17) is 9.47 Å². The first-order valence-electron chi connectivity index (χ1n) is 8.73. The summed E-state index contributed by atoms with van der Waals surface area (Å²) in [4.78, 5) is 11.9. The average Bonchev–Trinajstić information content (AvgIpc) is 2.62. The van der Waals surface area contributed by atoms with Crippen LogP contribution < -0.4 is 25.4 Å². The Morgan fingerprint density at radius 2 is 1.83 bits per heavy atom. The van der Waals surface area contributed by atoms with Crippen molar-refractivity contribution in [2.75, 3.05) is 32.6 Å². The Hall–Kier alpha value is -1.95. The van der Waals surface area contributed by atoms with Crippen molar-refractivity contribution in [1.29, 1.82) is 0 Å². The van der Waals surface area contributed by atoms with E-state index in [0.29, 0.717) is 29.8 Å². The van der Waals surface area contributed by atoms with Crippen LogP contribution in [0.2, 0.25) is 0 Å². The van der Waals surface area contributed by atoms with Crippen molar-refractivity contribution < 1.29 is 14.3 Å². The van der Waals surface area contributed by atoms with E-state index < -0.39 is 0 Å². The van der Waals surface area contributed by atoms with E-state index in [1.165, 1.54) is 32.1 Å². The quantitative estimate of drug-likeness (QED) is 0.638. The van der Waals surface area contributed by atoms with Crippen LogP contribution in [0.25, 0.3) is 0 Å². The predicted molar refractivity (Wildman–Crippen MR) is 96.1 cm³/mol. The Morgan fingerprint density at radius 1 is 1.08 bits per heavy atom. The first-order chi connectivity index (χ1) is 11.7. The fraction of sp³-hybridized carbons (Fsp3) is 0.611. The standard InChI is InChI=1S/C18H29N3O3/c1-23-16-10-9-15(13-17(16)24-2)21-18(22)20-12-6-11-19-14-7-4-3-5-8-14/h9-10,13-14,19H,3-8,11-12H2,1-2H3,(H2,20,21,22). The van der Waals surface area contributed by atoms with E-state index in [2.05, 4.69) is 16.0 Å². The molecular formula is C18H29N3O3. The number of anilines is 1. The summed E-state index contributed by atoms with van der Waals surface area (Å²) in [7, 11) is 3.15. The Balaban J connectivity index is 1.64. The van der Waals surface area contributed by atoms with Gasteiger partial charge in [-0.05, 0) is 37.9 Å². The molecule has 24 heavy (non-hydrogen) atoms. The van der Waals surface area contributed by atoms with Gasteiger partial charge in [0.2, 0.25) is 0 Å². The molecule has 134 valence electrons. The SMILES string of the molecule is COc1ccc(NC(=O)NCCCNC2CCCCC2)cc1OC. The molecule has 1 aliphatic carbocycles. The monoisotopic (exact) mass is 335 g/mol. The van der Waals surface area contributed by atoms with Gasteiger partial charge in [-0.25, -0.2) is 4.79 Å². The number of carbonyl (C=O) groups is 1. The van der Waals surface area contributed by atoms with Gasteiger partial charge in [0.15, 0.2) is 11.5 Å². The lowest BCUT2D eigenvalue weighted by molar-refractivity contribution is 0.252. The summed E-state index contributed by atoms with van der Waals surface area (Å²) < 4.78 is 10.4. The number of benzene rings is 1. The van der Waals surface area contributed by atoms with Crippen molar-refractivity contribution in [3.8, 4) is 11.5 Å². The van der Waals surface area contributed by atoms with Crippen LogP contribution in [0.5, 0.6) is 11.5 Å². The van der Waals surface area contributed by atoms with Crippen molar-refractivity contribution in [3.05, 3.63) is 18.2 Å². The second-order valence-electron chi connectivity index (χ2n) is 6.09. The summed E-state index contributed by atoms with van der Waals surface area (Å²) in [5.41, 5.74) is 0.672. The summed E-state index contributed by atoms with van der Waals surface area (Å²) in [6, 6.07) is 5.75. The predicted octanol–water partition coefficient (Wildman–Crippen LogP) is 3.14. The van der Waals surface area contributed by atoms with Gasteiger partial charge in [0.1, 0.15) is 0 Å². The third kappa shape index (κ3) is 5.92. The smallest absolute Gasteiger partial charge is 0.319 e. The van der Waals surface area contributed by atoms with Crippen LogP contribution in [0, 0.1) is 0 Å². The van der Waals surface area contributed by atoms with Crippen molar-refractivity contribution in [2.45, 2.75) is 44.6 Å². The van der Waals surface area contributed by atoms with Gasteiger partial charge in [-0.2, -0.15) is 0 Å². The molecule has 0 aromatic heterocycles. The molecule has 2 rings (SSSR count). The summed E-state index contributed by atoms with van der Waals surface area (Å²) in [5, 5.41) is 9.25. The second kappa shape index (κ2) is 10.0. The maximum Gasteiger partial charge on any atom is 0.319 e. The molecule has 0 saturated heterocycles. The van der Waals surface area contributed by atoms with Crippen LogP contribution in [0.15, 0.2) is 18.2 Å². The number of urea groups is 1. The number of rotatable bonds is 8. The molecule has 1 aliphatic rings. The van der Waals surface area contributed by atoms with E-state index in [0.717, 1.165) is 13.0 Å². The van der Waals surface area contributed by atoms with Crippen molar-refractivity contribution in [1.82, 2.24) is 10.6 Å². The molecule has 0 spiro atoms. The number of ether oxygens (including phenoxy) is 2. The molecule has 2 amide bonds. The van der Waals surface area contributed by atoms with Crippen LogP contribution >= 0.6 is 0 Å². The highest BCUT2D eigenvalue weighted by atomic mass is 16.5. The van der Waals surface area contributed by atoms with E-state index in [-0.39, 0.29) is 6.03 Å². The molecule has 1 aromatic carbocycles. The van der Waals surface area contributed by atoms with Gasteiger partial charge in [0, 0.05) is 24.3 Å². The summed E-state index contributed by atoms with van der Waals surface area (Å²) >= 11 is 0. The molecule has 1 saturated carbocycles. The zero-order valence-corrected chi connectivity index (χ0v) is 14.7. The number of amides is 2. The molecule has 0 unspecified atom stereocenters. The molecule has 1 fully saturated rings. The molecule has 0 heterocycles. The van der Waals surface area contributed by atoms with Gasteiger partial charge >= 0.3 is 6.03 Å². The Bertz CT molecular complexity index is 516. The van der Waals surface area contributed by atoms with Crippen LogP contribution in [-0.2, 0) is 0 Å². The minimum Gasteiger partial charge on any atom is -0.493 e. The number of hydrogen-bond acceptors (Lipinski definition) is 4. The zero-order chi connectivity index (χ0) is 17.2. The minimum absolute atomic E-state index is 0.208. The first kappa shape index (κ1) is 18.4. The molecule has 0 aliphatic heterocycles. The van der Waals surface area contributed by atoms with Gasteiger partial charge in [-0.15, -0.1) is 0 Å². The van der Waals surface area contributed by atoms with E-state index >= 15 is 0 Å². The number of nitrogens with one attached hydrogen (secondary N) is 3. The van der Waals surface area contributed by atoms with E-state index in [1.807, 2.05) is 0 Å². The lowest BCUT2D eigenvalue weighted by atomic mass is 9.95. The van der Waals surface area contributed by atoms with Crippen molar-refractivity contribution >= 4 is 11.7 Å². The Kier molecular flexibility index (Phi) is 7.68. The van der Waals surface area contributed by atoms with Crippen LogP contribution in [0.4, 0.5) is 10.5 Å². The molecule has 6 nitrogen and oxygen atoms in total. The average molecular weight is 335 g/mol. The maximum atomic E-state index is 11.9. The van der Waals surface area contributed by atoms with Gasteiger partial charge < -0.3 is 25.4 Å². The Morgan fingerprint density at radius 3 is 2.54 bits per heavy atom. The summed E-state index contributed by atoms with van der Waals surface area (Å²) in [6.07, 6.45) is 7.54. The molecule has 3 N–H and O–H groups in total. The van der Waals surface area contributed by atoms with E-state index in [9.17, 15) is 4.79 Å². The fourth-order valence-corrected chi connectivity index (χ4v) is 2.99. The van der Waals surface area contributed by atoms with Crippen molar-refractivity contribution in [3.63, 3.8) is 0 Å². The van der Waals surface area contributed by atoms with Gasteiger partial charge in [-0.1, -0.05) is 19.3 Å². The molecule has 0 radical (unpaired) electrons. The highest BCUT2D eigenvalue weighted by Gasteiger charge is 2.12. The Labute approximate surface area is 144 Å². The highest BCUT2D eigenvalue weighted by molar-refractivity contribution is 5.89. The third-order valence-electron chi connectivity index (χ3n) is 4.32. The minimum atomic E-state index is -0.208. The van der Waals surface area contributed by atoms with Crippen LogP contribution in [0.1, 0.15) is 38.5 Å². The largest absolute Gasteiger partial charge is 0.493 e. The lowest BCUT2D eigenvalue weighted by Gasteiger charge is -2.22. The van der Waals surface area contributed by atoms with Crippen molar-refractivity contribution in [2.24, 2.45) is 0 Å². The lowest BCUT2D eigenvalue weighted by Crippen LogP contribution is -2.35. The molecule has 0 bridgehead atoms. The van der Waals surface area contributed by atoms with Crippen LogP contribution in [0.3, 0.4) is 0 Å². The molecule has 0 atom stereocenters. The van der Waals surface area contributed by atoms with Crippen LogP contribution in [-0.4, -0.2) is 39.4 Å².